The number of carbonyl (C=O) groups is 1. The molecule has 0 radical (unpaired) electrons. The SMILES string of the molecule is CC(C)Nc1ccc2c(Cl)nn(-c3cncc(-c4ccc(C(=O)O)cc4)n3)c2c1. The molecule has 0 aliphatic rings. The number of anilines is 1. The molecule has 0 aliphatic heterocycles. The highest BCUT2D eigenvalue weighted by molar-refractivity contribution is 6.34. The van der Waals surface area contributed by atoms with E-state index < -0.39 is 5.97 Å². The second-order valence-corrected chi connectivity index (χ2v) is 7.24. The summed E-state index contributed by atoms with van der Waals surface area (Å²) >= 11 is 6.33. The lowest BCUT2D eigenvalue weighted by atomic mass is 10.1. The molecule has 8 heteroatoms. The minimum absolute atomic E-state index is 0.216. The number of aromatic nitrogens is 4. The first kappa shape index (κ1) is 18.9. The minimum atomic E-state index is -0.972. The highest BCUT2D eigenvalue weighted by atomic mass is 35.5. The number of rotatable bonds is 5. The lowest BCUT2D eigenvalue weighted by Gasteiger charge is -2.10. The quantitative estimate of drug-likeness (QED) is 0.500. The van der Waals surface area contributed by atoms with Crippen LogP contribution in [0.2, 0.25) is 5.15 Å². The highest BCUT2D eigenvalue weighted by Crippen LogP contribution is 2.28. The van der Waals surface area contributed by atoms with Gasteiger partial charge in [-0.05, 0) is 44.2 Å². The Morgan fingerprint density at radius 3 is 2.59 bits per heavy atom. The lowest BCUT2D eigenvalue weighted by Crippen LogP contribution is -2.09. The third-order valence-corrected chi connectivity index (χ3v) is 4.64. The van der Waals surface area contributed by atoms with Crippen molar-refractivity contribution >= 4 is 34.2 Å². The van der Waals surface area contributed by atoms with Gasteiger partial charge in [-0.15, -0.1) is 0 Å². The number of nitrogens with zero attached hydrogens (tertiary/aromatic N) is 4. The summed E-state index contributed by atoms with van der Waals surface area (Å²) in [6.45, 7) is 4.14. The van der Waals surface area contributed by atoms with Crippen LogP contribution in [0.4, 0.5) is 5.69 Å². The molecule has 2 heterocycles. The zero-order valence-electron chi connectivity index (χ0n) is 15.8. The number of carboxylic acids is 1. The molecule has 0 saturated carbocycles. The van der Waals surface area contributed by atoms with E-state index in [0.29, 0.717) is 16.7 Å². The molecule has 0 amide bonds. The van der Waals surface area contributed by atoms with Gasteiger partial charge in [-0.2, -0.15) is 5.10 Å². The molecular weight excluding hydrogens is 390 g/mol. The van der Waals surface area contributed by atoms with E-state index in [2.05, 4.69) is 34.2 Å². The van der Waals surface area contributed by atoms with Crippen LogP contribution in [-0.2, 0) is 0 Å². The molecule has 0 unspecified atom stereocenters. The third-order valence-electron chi connectivity index (χ3n) is 4.36. The van der Waals surface area contributed by atoms with Crippen LogP contribution in [0.15, 0.2) is 54.9 Å². The van der Waals surface area contributed by atoms with Crippen molar-refractivity contribution in [2.75, 3.05) is 5.32 Å². The lowest BCUT2D eigenvalue weighted by molar-refractivity contribution is 0.0697. The number of hydrogen-bond acceptors (Lipinski definition) is 5. The molecule has 0 atom stereocenters. The molecule has 2 N–H and O–H groups in total. The van der Waals surface area contributed by atoms with Gasteiger partial charge >= 0.3 is 5.97 Å². The Balaban J connectivity index is 1.78. The van der Waals surface area contributed by atoms with Gasteiger partial charge in [0.1, 0.15) is 0 Å². The topological polar surface area (TPSA) is 92.9 Å². The van der Waals surface area contributed by atoms with Crippen LogP contribution in [0.25, 0.3) is 28.0 Å². The molecule has 4 rings (SSSR count). The summed E-state index contributed by atoms with van der Waals surface area (Å²) in [6.07, 6.45) is 3.23. The van der Waals surface area contributed by atoms with Crippen molar-refractivity contribution in [2.24, 2.45) is 0 Å². The van der Waals surface area contributed by atoms with Gasteiger partial charge in [-0.1, -0.05) is 23.7 Å². The van der Waals surface area contributed by atoms with Crippen LogP contribution < -0.4 is 5.32 Å². The first-order valence-corrected chi connectivity index (χ1v) is 9.41. The number of hydrogen-bond donors (Lipinski definition) is 2. The second kappa shape index (κ2) is 7.52. The first-order valence-electron chi connectivity index (χ1n) is 9.03. The fourth-order valence-corrected chi connectivity index (χ4v) is 3.29. The monoisotopic (exact) mass is 407 g/mol. The van der Waals surface area contributed by atoms with E-state index in [9.17, 15) is 4.79 Å². The summed E-state index contributed by atoms with van der Waals surface area (Å²) in [6, 6.07) is 12.6. The van der Waals surface area contributed by atoms with Crippen LogP contribution in [-0.4, -0.2) is 36.9 Å². The Morgan fingerprint density at radius 2 is 1.90 bits per heavy atom. The first-order chi connectivity index (χ1) is 13.9. The van der Waals surface area contributed by atoms with Crippen LogP contribution in [0.1, 0.15) is 24.2 Å². The van der Waals surface area contributed by atoms with Gasteiger partial charge in [-0.3, -0.25) is 4.98 Å². The third kappa shape index (κ3) is 3.77. The molecule has 7 nitrogen and oxygen atoms in total. The number of nitrogens with one attached hydrogen (secondary N) is 1. The number of benzene rings is 2. The number of fused-ring (bicyclic) bond motifs is 1. The molecule has 0 saturated heterocycles. The number of halogens is 1. The van der Waals surface area contributed by atoms with E-state index >= 15 is 0 Å². The van der Waals surface area contributed by atoms with E-state index in [0.717, 1.165) is 22.2 Å². The van der Waals surface area contributed by atoms with E-state index in [4.69, 9.17) is 16.7 Å². The molecule has 0 aliphatic carbocycles. The Labute approximate surface area is 172 Å². The van der Waals surface area contributed by atoms with Crippen LogP contribution in [0, 0.1) is 0 Å². The Kier molecular flexibility index (Phi) is 4.90. The zero-order valence-corrected chi connectivity index (χ0v) is 16.6. The van der Waals surface area contributed by atoms with Gasteiger partial charge in [-0.25, -0.2) is 14.5 Å². The summed E-state index contributed by atoms with van der Waals surface area (Å²) in [7, 11) is 0. The maximum atomic E-state index is 11.1. The minimum Gasteiger partial charge on any atom is -0.478 e. The normalized spacial score (nSPS) is 11.2. The summed E-state index contributed by atoms with van der Waals surface area (Å²) in [5.74, 6) is -0.455. The van der Waals surface area contributed by atoms with Crippen molar-refractivity contribution in [1.82, 2.24) is 19.7 Å². The highest BCUT2D eigenvalue weighted by Gasteiger charge is 2.14. The predicted molar refractivity (Wildman–Crippen MR) is 113 cm³/mol. The average Bonchev–Trinajstić information content (AvgIpc) is 3.04. The molecule has 29 heavy (non-hydrogen) atoms. The summed E-state index contributed by atoms with van der Waals surface area (Å²) < 4.78 is 1.66. The van der Waals surface area contributed by atoms with Gasteiger partial charge in [0.25, 0.3) is 0 Å². The van der Waals surface area contributed by atoms with Gasteiger partial charge in [0.15, 0.2) is 11.0 Å². The number of aromatic carboxylic acids is 1. The van der Waals surface area contributed by atoms with E-state index in [1.807, 2.05) is 18.2 Å². The zero-order chi connectivity index (χ0) is 20.5. The molecule has 146 valence electrons. The molecule has 2 aromatic carbocycles. The molecular formula is C21H18ClN5O2. The van der Waals surface area contributed by atoms with Gasteiger partial charge in [0, 0.05) is 22.7 Å². The summed E-state index contributed by atoms with van der Waals surface area (Å²) in [5.41, 5.74) is 3.35. The van der Waals surface area contributed by atoms with Crippen LogP contribution in [0.5, 0.6) is 0 Å². The fourth-order valence-electron chi connectivity index (χ4n) is 3.05. The Bertz CT molecular complexity index is 1200. The Hall–Kier alpha value is -3.45. The predicted octanol–water partition coefficient (Wildman–Crippen LogP) is 4.65. The molecule has 2 aromatic heterocycles. The van der Waals surface area contributed by atoms with E-state index in [1.165, 1.54) is 12.1 Å². The second-order valence-electron chi connectivity index (χ2n) is 6.88. The molecule has 0 fully saturated rings. The summed E-state index contributed by atoms with van der Waals surface area (Å²) in [5, 5.41) is 18.1. The van der Waals surface area contributed by atoms with Crippen molar-refractivity contribution in [3.63, 3.8) is 0 Å². The maximum Gasteiger partial charge on any atom is 0.335 e. The van der Waals surface area contributed by atoms with Crippen molar-refractivity contribution in [3.05, 3.63) is 65.6 Å². The molecule has 0 spiro atoms. The van der Waals surface area contributed by atoms with Gasteiger partial charge < -0.3 is 10.4 Å². The van der Waals surface area contributed by atoms with Crippen LogP contribution >= 0.6 is 11.6 Å². The van der Waals surface area contributed by atoms with Gasteiger partial charge in [0.2, 0.25) is 0 Å². The van der Waals surface area contributed by atoms with Gasteiger partial charge in [0.05, 0.1) is 29.2 Å². The maximum absolute atomic E-state index is 11.1. The average molecular weight is 408 g/mol. The van der Waals surface area contributed by atoms with Crippen molar-refractivity contribution in [1.29, 1.82) is 0 Å². The van der Waals surface area contributed by atoms with E-state index in [-0.39, 0.29) is 11.6 Å². The largest absolute Gasteiger partial charge is 0.478 e. The van der Waals surface area contributed by atoms with E-state index in [1.54, 1.807) is 29.2 Å². The Morgan fingerprint density at radius 1 is 1.14 bits per heavy atom. The fraction of sp³-hybridized carbons (Fsp3) is 0.143. The smallest absolute Gasteiger partial charge is 0.335 e. The number of carboxylic acid groups (broad SMARTS) is 1. The van der Waals surface area contributed by atoms with Crippen molar-refractivity contribution < 1.29 is 9.90 Å². The molecule has 0 bridgehead atoms. The van der Waals surface area contributed by atoms with Crippen LogP contribution in [0.3, 0.4) is 0 Å². The molecule has 4 aromatic rings. The van der Waals surface area contributed by atoms with Crippen molar-refractivity contribution in [2.45, 2.75) is 19.9 Å². The standard InChI is InChI=1S/C21H18ClN5O2/c1-12(2)24-15-7-8-16-18(9-15)27(26-20(16)22)19-11-23-10-17(25-19)13-3-5-14(6-4-13)21(28)29/h3-12,24H,1-2H3,(H,28,29). The summed E-state index contributed by atoms with van der Waals surface area (Å²) in [4.78, 5) is 20.0. The van der Waals surface area contributed by atoms with Crippen molar-refractivity contribution in [3.8, 4) is 17.1 Å².